The van der Waals surface area contributed by atoms with Gasteiger partial charge in [-0.1, -0.05) is 18.2 Å². The Labute approximate surface area is 90.8 Å². The Bertz CT molecular complexity index is 346. The fraction of sp³-hybridized carbons (Fsp3) is 0.417. The second-order valence-electron chi connectivity index (χ2n) is 3.70. The van der Waals surface area contributed by atoms with Crippen LogP contribution in [0.3, 0.4) is 0 Å². The zero-order valence-corrected chi connectivity index (χ0v) is 9.11. The molecule has 1 aliphatic heterocycles. The number of rotatable bonds is 4. The summed E-state index contributed by atoms with van der Waals surface area (Å²) in [5.41, 5.74) is 2.69. The van der Waals surface area contributed by atoms with Crippen LogP contribution in [0.2, 0.25) is 0 Å². The Balaban J connectivity index is 2.17. The standard InChI is InChI=1S/C12H17N3/c1-13-7-6-11-4-2-3-5-12(11)15-9-8-14-10-15/h2-5,10,13H,6-9H2,1H3. The third kappa shape index (κ3) is 2.36. The molecule has 0 atom stereocenters. The minimum atomic E-state index is 0.917. The first kappa shape index (κ1) is 10.2. The maximum absolute atomic E-state index is 4.25. The molecule has 0 saturated heterocycles. The minimum absolute atomic E-state index is 0.917. The Morgan fingerprint density at radius 2 is 2.27 bits per heavy atom. The van der Waals surface area contributed by atoms with Gasteiger partial charge in [-0.15, -0.1) is 0 Å². The molecular weight excluding hydrogens is 186 g/mol. The normalized spacial score (nSPS) is 14.9. The summed E-state index contributed by atoms with van der Waals surface area (Å²) >= 11 is 0. The predicted octanol–water partition coefficient (Wildman–Crippen LogP) is 1.30. The van der Waals surface area contributed by atoms with Crippen molar-refractivity contribution in [2.45, 2.75) is 6.42 Å². The van der Waals surface area contributed by atoms with Gasteiger partial charge in [0.15, 0.2) is 0 Å². The molecule has 0 amide bonds. The van der Waals surface area contributed by atoms with Crippen LogP contribution in [0.5, 0.6) is 0 Å². The first-order valence-corrected chi connectivity index (χ1v) is 5.41. The van der Waals surface area contributed by atoms with Gasteiger partial charge in [0.05, 0.1) is 12.9 Å². The van der Waals surface area contributed by atoms with Crippen molar-refractivity contribution in [3.8, 4) is 0 Å². The van der Waals surface area contributed by atoms with Gasteiger partial charge in [-0.05, 0) is 31.6 Å². The number of nitrogens with zero attached hydrogens (tertiary/aromatic N) is 2. The van der Waals surface area contributed by atoms with Crippen molar-refractivity contribution in [2.24, 2.45) is 4.99 Å². The second-order valence-corrected chi connectivity index (χ2v) is 3.70. The summed E-state index contributed by atoms with van der Waals surface area (Å²) in [6, 6.07) is 8.55. The highest BCUT2D eigenvalue weighted by Crippen LogP contribution is 2.20. The van der Waals surface area contributed by atoms with E-state index in [4.69, 9.17) is 0 Å². The molecule has 1 heterocycles. The van der Waals surface area contributed by atoms with Crippen LogP contribution in [0.15, 0.2) is 29.3 Å². The summed E-state index contributed by atoms with van der Waals surface area (Å²) in [7, 11) is 1.99. The van der Waals surface area contributed by atoms with Crippen LogP contribution in [0.25, 0.3) is 0 Å². The Kier molecular flexibility index (Phi) is 3.35. The van der Waals surface area contributed by atoms with Crippen LogP contribution in [-0.2, 0) is 6.42 Å². The van der Waals surface area contributed by atoms with Crippen molar-refractivity contribution in [1.82, 2.24) is 5.32 Å². The van der Waals surface area contributed by atoms with E-state index in [1.54, 1.807) is 0 Å². The summed E-state index contributed by atoms with van der Waals surface area (Å²) in [6.07, 6.45) is 3.01. The number of hydrogen-bond donors (Lipinski definition) is 1. The van der Waals surface area contributed by atoms with E-state index in [0.29, 0.717) is 0 Å². The van der Waals surface area contributed by atoms with E-state index in [1.165, 1.54) is 11.3 Å². The molecule has 0 saturated carbocycles. The molecule has 1 aromatic carbocycles. The van der Waals surface area contributed by atoms with E-state index in [-0.39, 0.29) is 0 Å². The second kappa shape index (κ2) is 4.94. The van der Waals surface area contributed by atoms with Crippen LogP contribution < -0.4 is 10.2 Å². The van der Waals surface area contributed by atoms with Gasteiger partial charge in [0.25, 0.3) is 0 Å². The first-order valence-electron chi connectivity index (χ1n) is 5.41. The lowest BCUT2D eigenvalue weighted by Crippen LogP contribution is -2.21. The molecule has 1 aliphatic rings. The predicted molar refractivity (Wildman–Crippen MR) is 64.8 cm³/mol. The summed E-state index contributed by atoms with van der Waals surface area (Å²) in [5.74, 6) is 0. The van der Waals surface area contributed by atoms with Crippen molar-refractivity contribution >= 4 is 12.0 Å². The molecule has 1 aromatic rings. The lowest BCUT2D eigenvalue weighted by atomic mass is 10.1. The monoisotopic (exact) mass is 203 g/mol. The maximum atomic E-state index is 4.25. The molecule has 1 N–H and O–H groups in total. The maximum Gasteiger partial charge on any atom is 0.0895 e. The lowest BCUT2D eigenvalue weighted by molar-refractivity contribution is 0.790. The smallest absolute Gasteiger partial charge is 0.0895 e. The highest BCUT2D eigenvalue weighted by molar-refractivity contribution is 5.82. The molecule has 0 fully saturated rings. The largest absolute Gasteiger partial charge is 0.331 e. The van der Waals surface area contributed by atoms with Crippen LogP contribution in [0, 0.1) is 0 Å². The lowest BCUT2D eigenvalue weighted by Gasteiger charge is -2.18. The molecule has 0 bridgehead atoms. The van der Waals surface area contributed by atoms with Gasteiger partial charge >= 0.3 is 0 Å². The average molecular weight is 203 g/mol. The van der Waals surface area contributed by atoms with E-state index in [2.05, 4.69) is 39.5 Å². The molecule has 2 rings (SSSR count). The third-order valence-electron chi connectivity index (χ3n) is 2.64. The zero-order valence-electron chi connectivity index (χ0n) is 9.11. The summed E-state index contributed by atoms with van der Waals surface area (Å²) in [4.78, 5) is 6.48. The van der Waals surface area contributed by atoms with Crippen LogP contribution in [0.4, 0.5) is 5.69 Å². The van der Waals surface area contributed by atoms with Crippen LogP contribution >= 0.6 is 0 Å². The van der Waals surface area contributed by atoms with Gasteiger partial charge < -0.3 is 10.2 Å². The molecule has 0 aromatic heterocycles. The molecule has 3 heteroatoms. The number of benzene rings is 1. The Morgan fingerprint density at radius 1 is 1.40 bits per heavy atom. The van der Waals surface area contributed by atoms with Gasteiger partial charge in [0.2, 0.25) is 0 Å². The van der Waals surface area contributed by atoms with Gasteiger partial charge in [0, 0.05) is 12.2 Å². The number of likely N-dealkylation sites (N-methyl/N-ethyl adjacent to an activating group) is 1. The van der Waals surface area contributed by atoms with E-state index in [9.17, 15) is 0 Å². The fourth-order valence-corrected chi connectivity index (χ4v) is 1.82. The number of aliphatic imine (C=N–C) groups is 1. The van der Waals surface area contributed by atoms with Crippen molar-refractivity contribution < 1.29 is 0 Å². The fourth-order valence-electron chi connectivity index (χ4n) is 1.82. The quantitative estimate of drug-likeness (QED) is 0.798. The van der Waals surface area contributed by atoms with Crippen molar-refractivity contribution in [2.75, 3.05) is 31.6 Å². The van der Waals surface area contributed by atoms with Gasteiger partial charge in [-0.3, -0.25) is 4.99 Å². The topological polar surface area (TPSA) is 27.6 Å². The highest BCUT2D eigenvalue weighted by atomic mass is 15.2. The zero-order chi connectivity index (χ0) is 10.5. The van der Waals surface area contributed by atoms with Gasteiger partial charge in [0.1, 0.15) is 0 Å². The molecule has 3 nitrogen and oxygen atoms in total. The van der Waals surface area contributed by atoms with Crippen LogP contribution in [-0.4, -0.2) is 33.0 Å². The van der Waals surface area contributed by atoms with Crippen LogP contribution in [0.1, 0.15) is 5.56 Å². The minimum Gasteiger partial charge on any atom is -0.331 e. The molecule has 80 valence electrons. The number of anilines is 1. The third-order valence-corrected chi connectivity index (χ3v) is 2.64. The average Bonchev–Trinajstić information content (AvgIpc) is 2.80. The number of para-hydroxylation sites is 1. The number of nitrogens with one attached hydrogen (secondary N) is 1. The summed E-state index contributed by atoms with van der Waals surface area (Å²) in [5, 5.41) is 3.18. The van der Waals surface area contributed by atoms with Crippen molar-refractivity contribution in [3.05, 3.63) is 29.8 Å². The number of hydrogen-bond acceptors (Lipinski definition) is 3. The Morgan fingerprint density at radius 3 is 3.00 bits per heavy atom. The highest BCUT2D eigenvalue weighted by Gasteiger charge is 2.11. The van der Waals surface area contributed by atoms with Crippen molar-refractivity contribution in [1.29, 1.82) is 0 Å². The summed E-state index contributed by atoms with van der Waals surface area (Å²) in [6.45, 7) is 2.94. The molecule has 0 unspecified atom stereocenters. The Hall–Kier alpha value is -1.35. The molecular formula is C12H17N3. The molecule has 0 spiro atoms. The van der Waals surface area contributed by atoms with E-state index in [0.717, 1.165) is 26.1 Å². The molecule has 0 aliphatic carbocycles. The SMILES string of the molecule is CNCCc1ccccc1N1C=NCC1. The molecule has 15 heavy (non-hydrogen) atoms. The van der Waals surface area contributed by atoms with E-state index in [1.807, 2.05) is 13.4 Å². The van der Waals surface area contributed by atoms with E-state index >= 15 is 0 Å². The van der Waals surface area contributed by atoms with Gasteiger partial charge in [-0.2, -0.15) is 0 Å². The summed E-state index contributed by atoms with van der Waals surface area (Å²) < 4.78 is 0. The van der Waals surface area contributed by atoms with Crippen molar-refractivity contribution in [3.63, 3.8) is 0 Å². The van der Waals surface area contributed by atoms with Gasteiger partial charge in [-0.25, -0.2) is 0 Å². The van der Waals surface area contributed by atoms with E-state index < -0.39 is 0 Å². The first-order chi connectivity index (χ1) is 7.42. The molecule has 0 radical (unpaired) electrons.